The molecule has 0 bridgehead atoms. The van der Waals surface area contributed by atoms with Crippen molar-refractivity contribution < 1.29 is 4.74 Å². The summed E-state index contributed by atoms with van der Waals surface area (Å²) in [4.78, 5) is 0. The van der Waals surface area contributed by atoms with Crippen LogP contribution < -0.4 is 4.74 Å². The largest absolute Gasteiger partial charge is 0.484 e. The molecule has 0 radical (unpaired) electrons. The van der Waals surface area contributed by atoms with Gasteiger partial charge in [-0.1, -0.05) is 54.6 Å². The van der Waals surface area contributed by atoms with Crippen molar-refractivity contribution in [2.45, 2.75) is 12.0 Å². The molecule has 0 saturated heterocycles. The fourth-order valence-corrected chi connectivity index (χ4v) is 2.83. The van der Waals surface area contributed by atoms with Gasteiger partial charge in [-0.15, -0.1) is 0 Å². The van der Waals surface area contributed by atoms with E-state index in [4.69, 9.17) is 4.74 Å². The van der Waals surface area contributed by atoms with Gasteiger partial charge in [0.1, 0.15) is 11.9 Å². The van der Waals surface area contributed by atoms with Crippen molar-refractivity contribution in [1.82, 2.24) is 0 Å². The summed E-state index contributed by atoms with van der Waals surface area (Å²) in [5.74, 6) is 1.41. The van der Waals surface area contributed by atoms with Gasteiger partial charge >= 0.3 is 0 Å². The predicted molar refractivity (Wildman–Crippen MR) is 68.0 cm³/mol. The van der Waals surface area contributed by atoms with Crippen LogP contribution in [0.4, 0.5) is 0 Å². The highest BCUT2D eigenvalue weighted by atomic mass is 16.5. The Balaban J connectivity index is 1.90. The third-order valence-corrected chi connectivity index (χ3v) is 3.64. The van der Waals surface area contributed by atoms with E-state index in [1.807, 2.05) is 6.07 Å². The molecule has 1 aliphatic heterocycles. The third kappa shape index (κ3) is 1.19. The highest BCUT2D eigenvalue weighted by molar-refractivity contribution is 5.62. The molecular weight excluding hydrogens is 208 g/mol. The number of para-hydroxylation sites is 1. The van der Waals surface area contributed by atoms with E-state index in [2.05, 4.69) is 54.6 Å². The average molecular weight is 220 g/mol. The van der Waals surface area contributed by atoms with E-state index >= 15 is 0 Å². The molecule has 2 aliphatic rings. The van der Waals surface area contributed by atoms with Gasteiger partial charge in [-0.25, -0.2) is 0 Å². The van der Waals surface area contributed by atoms with Crippen LogP contribution in [0.15, 0.2) is 54.6 Å². The van der Waals surface area contributed by atoms with Gasteiger partial charge in [0, 0.05) is 17.0 Å². The van der Waals surface area contributed by atoms with E-state index in [9.17, 15) is 0 Å². The number of fused-ring (bicyclic) bond motifs is 5. The number of benzene rings is 2. The Labute approximate surface area is 100 Å². The molecule has 2 atom stereocenters. The molecule has 1 heterocycles. The van der Waals surface area contributed by atoms with E-state index in [-0.39, 0.29) is 6.10 Å². The number of ether oxygens (including phenoxy) is 1. The second-order valence-electron chi connectivity index (χ2n) is 4.59. The maximum Gasteiger partial charge on any atom is 0.135 e. The van der Waals surface area contributed by atoms with Crippen LogP contribution in [-0.4, -0.2) is 0 Å². The minimum atomic E-state index is 0.161. The standard InChI is InChI=1S/C16H12O/c1-2-6-12-11(5-1)9-10-14-13-7-3-4-8-15(13)17-16(12)14/h1-10,14,16H/t14-,16-/m1/s1. The monoisotopic (exact) mass is 220 g/mol. The van der Waals surface area contributed by atoms with Gasteiger partial charge in [0.15, 0.2) is 0 Å². The van der Waals surface area contributed by atoms with Crippen molar-refractivity contribution in [3.8, 4) is 5.75 Å². The minimum Gasteiger partial charge on any atom is -0.484 e. The Hall–Kier alpha value is -2.02. The number of hydrogen-bond acceptors (Lipinski definition) is 1. The first-order valence-electron chi connectivity index (χ1n) is 5.96. The number of hydrogen-bond donors (Lipinski definition) is 0. The molecule has 0 spiro atoms. The third-order valence-electron chi connectivity index (χ3n) is 3.64. The van der Waals surface area contributed by atoms with Crippen LogP contribution in [0.3, 0.4) is 0 Å². The fraction of sp³-hybridized carbons (Fsp3) is 0.125. The SMILES string of the molecule is C1=C[C@@H]2c3ccccc3O[C@@H]2c2ccccc21. The molecule has 0 unspecified atom stereocenters. The zero-order chi connectivity index (χ0) is 11.2. The Morgan fingerprint density at radius 2 is 1.59 bits per heavy atom. The molecule has 0 aromatic heterocycles. The van der Waals surface area contributed by atoms with Crippen LogP contribution in [0.25, 0.3) is 6.08 Å². The zero-order valence-electron chi connectivity index (χ0n) is 9.34. The molecule has 82 valence electrons. The molecule has 1 heteroatoms. The summed E-state index contributed by atoms with van der Waals surface area (Å²) in [5, 5.41) is 0. The lowest BCUT2D eigenvalue weighted by Gasteiger charge is -2.22. The maximum absolute atomic E-state index is 6.09. The molecule has 0 amide bonds. The van der Waals surface area contributed by atoms with E-state index in [1.165, 1.54) is 16.7 Å². The minimum absolute atomic E-state index is 0.161. The molecule has 0 fully saturated rings. The predicted octanol–water partition coefficient (Wildman–Crippen LogP) is 3.93. The first kappa shape index (κ1) is 9.06. The van der Waals surface area contributed by atoms with Crippen LogP contribution in [0.2, 0.25) is 0 Å². The van der Waals surface area contributed by atoms with Gasteiger partial charge in [-0.3, -0.25) is 0 Å². The summed E-state index contributed by atoms with van der Waals surface area (Å²) in [5.41, 5.74) is 3.89. The van der Waals surface area contributed by atoms with Crippen LogP contribution in [0, 0.1) is 0 Å². The summed E-state index contributed by atoms with van der Waals surface area (Å²) in [6, 6.07) is 16.8. The Bertz CT molecular complexity index is 612. The molecule has 2 aromatic rings. The van der Waals surface area contributed by atoms with Gasteiger partial charge in [0.25, 0.3) is 0 Å². The summed E-state index contributed by atoms with van der Waals surface area (Å²) in [7, 11) is 0. The molecular formula is C16H12O. The Morgan fingerprint density at radius 3 is 2.53 bits per heavy atom. The lowest BCUT2D eigenvalue weighted by atomic mass is 9.84. The second-order valence-corrected chi connectivity index (χ2v) is 4.59. The van der Waals surface area contributed by atoms with Crippen LogP contribution in [0.5, 0.6) is 5.75 Å². The number of rotatable bonds is 0. The van der Waals surface area contributed by atoms with E-state index in [1.54, 1.807) is 0 Å². The lowest BCUT2D eigenvalue weighted by molar-refractivity contribution is 0.223. The van der Waals surface area contributed by atoms with Crippen molar-refractivity contribution in [1.29, 1.82) is 0 Å². The lowest BCUT2D eigenvalue weighted by Crippen LogP contribution is -2.12. The summed E-state index contributed by atoms with van der Waals surface area (Å²) in [6.07, 6.45) is 4.63. The molecule has 1 nitrogen and oxygen atoms in total. The van der Waals surface area contributed by atoms with Gasteiger partial charge in [-0.05, 0) is 11.6 Å². The molecule has 17 heavy (non-hydrogen) atoms. The maximum atomic E-state index is 6.09. The molecule has 0 saturated carbocycles. The Kier molecular flexibility index (Phi) is 1.72. The molecule has 2 aromatic carbocycles. The highest BCUT2D eigenvalue weighted by Crippen LogP contribution is 2.49. The van der Waals surface area contributed by atoms with Crippen molar-refractivity contribution in [2.24, 2.45) is 0 Å². The topological polar surface area (TPSA) is 9.23 Å². The van der Waals surface area contributed by atoms with Crippen LogP contribution >= 0.6 is 0 Å². The van der Waals surface area contributed by atoms with Crippen molar-refractivity contribution in [3.05, 3.63) is 71.3 Å². The normalized spacial score (nSPS) is 23.5. The fourth-order valence-electron chi connectivity index (χ4n) is 2.83. The summed E-state index contributed by atoms with van der Waals surface area (Å²) >= 11 is 0. The molecule has 0 N–H and O–H groups in total. The van der Waals surface area contributed by atoms with Crippen LogP contribution in [-0.2, 0) is 0 Å². The quantitative estimate of drug-likeness (QED) is 0.653. The van der Waals surface area contributed by atoms with Crippen molar-refractivity contribution in [2.75, 3.05) is 0 Å². The van der Waals surface area contributed by atoms with Crippen molar-refractivity contribution in [3.63, 3.8) is 0 Å². The van der Waals surface area contributed by atoms with Gasteiger partial charge in [0.05, 0.1) is 0 Å². The summed E-state index contributed by atoms with van der Waals surface area (Å²) < 4.78 is 6.09. The van der Waals surface area contributed by atoms with Gasteiger partial charge < -0.3 is 4.74 Å². The van der Waals surface area contributed by atoms with Gasteiger partial charge in [-0.2, -0.15) is 0 Å². The first-order chi connectivity index (χ1) is 8.43. The highest BCUT2D eigenvalue weighted by Gasteiger charge is 2.36. The Morgan fingerprint density at radius 1 is 0.824 bits per heavy atom. The van der Waals surface area contributed by atoms with Crippen LogP contribution in [0.1, 0.15) is 28.7 Å². The van der Waals surface area contributed by atoms with Crippen molar-refractivity contribution >= 4 is 6.08 Å². The first-order valence-corrected chi connectivity index (χ1v) is 5.96. The smallest absolute Gasteiger partial charge is 0.135 e. The van der Waals surface area contributed by atoms with E-state index in [0.29, 0.717) is 5.92 Å². The van der Waals surface area contributed by atoms with E-state index in [0.717, 1.165) is 5.75 Å². The van der Waals surface area contributed by atoms with Gasteiger partial charge in [0.2, 0.25) is 0 Å². The second kappa shape index (κ2) is 3.24. The molecule has 1 aliphatic carbocycles. The van der Waals surface area contributed by atoms with E-state index < -0.39 is 0 Å². The average Bonchev–Trinajstić information content (AvgIpc) is 2.78. The zero-order valence-corrected chi connectivity index (χ0v) is 9.34. The summed E-state index contributed by atoms with van der Waals surface area (Å²) in [6.45, 7) is 0. The molecule has 4 rings (SSSR count).